The van der Waals surface area contributed by atoms with Gasteiger partial charge in [0.2, 0.25) is 0 Å². The monoisotopic (exact) mass is 451 g/mol. The van der Waals surface area contributed by atoms with E-state index < -0.39 is 11.4 Å². The molecule has 2 aromatic rings. The van der Waals surface area contributed by atoms with Crippen molar-refractivity contribution >= 4 is 16.9 Å². The summed E-state index contributed by atoms with van der Waals surface area (Å²) in [6, 6.07) is 7.37. The summed E-state index contributed by atoms with van der Waals surface area (Å²) in [6.45, 7) is 4.52. The summed E-state index contributed by atoms with van der Waals surface area (Å²) in [7, 11) is 0. The van der Waals surface area contributed by atoms with Crippen LogP contribution in [0.4, 0.5) is 0 Å². The molecule has 4 aliphatic rings. The molecule has 178 valence electrons. The van der Waals surface area contributed by atoms with Crippen LogP contribution in [0.3, 0.4) is 0 Å². The Kier molecular flexibility index (Phi) is 4.96. The fraction of sp³-hybridized carbons (Fsp3) is 0.714. The van der Waals surface area contributed by atoms with E-state index in [1.54, 1.807) is 6.07 Å². The summed E-state index contributed by atoms with van der Waals surface area (Å²) in [4.78, 5) is 26.0. The maximum atomic E-state index is 13.6. The third-order valence-corrected chi connectivity index (χ3v) is 10.5. The normalized spacial score (nSPS) is 42.5. The zero-order valence-electron chi connectivity index (χ0n) is 20.0. The van der Waals surface area contributed by atoms with Gasteiger partial charge in [-0.3, -0.25) is 9.36 Å². The molecular formula is C28H37NO4. The minimum Gasteiger partial charge on any atom is -0.408 e. The quantitative estimate of drug-likeness (QED) is 0.698. The summed E-state index contributed by atoms with van der Waals surface area (Å²) in [5, 5.41) is 10.6. The summed E-state index contributed by atoms with van der Waals surface area (Å²) in [5.41, 5.74) is 0.839. The highest BCUT2D eigenvalue weighted by atomic mass is 16.4. The zero-order chi connectivity index (χ0) is 23.0. The van der Waals surface area contributed by atoms with E-state index >= 15 is 0 Å². The number of hydrogen-bond acceptors (Lipinski definition) is 4. The smallest absolute Gasteiger partial charge is 0.408 e. The molecule has 4 fully saturated rings. The van der Waals surface area contributed by atoms with Gasteiger partial charge in [-0.1, -0.05) is 19.1 Å². The third kappa shape index (κ3) is 3.37. The van der Waals surface area contributed by atoms with Crippen molar-refractivity contribution in [2.45, 2.75) is 83.8 Å². The lowest BCUT2D eigenvalue weighted by molar-refractivity contribution is -0.132. The standard InChI is InChI=1S/C28H37NO4/c1-27(32)13-11-18-17(15-27)7-8-20-19(18)12-14-28(2)21(20)9-10-22(28)24(30)16-29-23-5-3-4-6-25(23)33-26(29)31/h3-6,17-22,32H,7-16H2,1-2H3/t17-,18+,19-,20-,21+,22-,27-,28+/m1/s1. The summed E-state index contributed by atoms with van der Waals surface area (Å²) in [6.07, 6.45) is 10.0. The largest absolute Gasteiger partial charge is 0.420 e. The van der Waals surface area contributed by atoms with Gasteiger partial charge < -0.3 is 9.52 Å². The zero-order valence-corrected chi connectivity index (χ0v) is 20.0. The highest BCUT2D eigenvalue weighted by Crippen LogP contribution is 2.64. The number of hydrogen-bond donors (Lipinski definition) is 1. The molecule has 6 rings (SSSR count). The lowest BCUT2D eigenvalue weighted by Crippen LogP contribution is -2.51. The number of aliphatic hydroxyl groups is 1. The number of oxazole rings is 1. The molecule has 5 nitrogen and oxygen atoms in total. The van der Waals surface area contributed by atoms with Crippen LogP contribution >= 0.6 is 0 Å². The molecule has 0 amide bonds. The molecule has 4 aliphatic carbocycles. The number of benzene rings is 1. The molecule has 5 heteroatoms. The first kappa shape index (κ1) is 21.6. The molecule has 0 radical (unpaired) electrons. The minimum atomic E-state index is -0.475. The minimum absolute atomic E-state index is 0.0359. The number of carbonyl (C=O) groups excluding carboxylic acids is 1. The molecule has 0 unspecified atom stereocenters. The van der Waals surface area contributed by atoms with E-state index in [1.165, 1.54) is 30.3 Å². The second kappa shape index (κ2) is 7.56. The SMILES string of the molecule is C[C@@]1(O)CC[C@H]2[C@H](CC[C@@H]3[C@@H]2CC[C@]2(C)[C@@H](C(=O)Cn4c(=O)oc5ccccc54)CC[C@@H]32)C1. The first-order valence-corrected chi connectivity index (χ1v) is 13.1. The molecule has 4 saturated carbocycles. The average molecular weight is 452 g/mol. The third-order valence-electron chi connectivity index (χ3n) is 10.5. The molecule has 0 spiro atoms. The number of fused-ring (bicyclic) bond motifs is 6. The summed E-state index contributed by atoms with van der Waals surface area (Å²) < 4.78 is 6.89. The number of aromatic nitrogens is 1. The van der Waals surface area contributed by atoms with Crippen molar-refractivity contribution in [3.05, 3.63) is 34.8 Å². The Labute approximate surface area is 195 Å². The van der Waals surface area contributed by atoms with Crippen LogP contribution in [-0.2, 0) is 11.3 Å². The van der Waals surface area contributed by atoms with E-state index in [2.05, 4.69) is 6.92 Å². The molecule has 1 aromatic carbocycles. The van der Waals surface area contributed by atoms with Crippen molar-refractivity contribution in [3.8, 4) is 0 Å². The van der Waals surface area contributed by atoms with Crippen LogP contribution in [0.2, 0.25) is 0 Å². The van der Waals surface area contributed by atoms with Gasteiger partial charge in [-0.25, -0.2) is 4.79 Å². The molecule has 0 saturated heterocycles. The van der Waals surface area contributed by atoms with Gasteiger partial charge in [0.15, 0.2) is 11.4 Å². The average Bonchev–Trinajstić information content (AvgIpc) is 3.29. The molecule has 0 aliphatic heterocycles. The number of ketones is 1. The van der Waals surface area contributed by atoms with Gasteiger partial charge in [0.25, 0.3) is 0 Å². The maximum absolute atomic E-state index is 13.6. The van der Waals surface area contributed by atoms with Crippen molar-refractivity contribution in [3.63, 3.8) is 0 Å². The van der Waals surface area contributed by atoms with Gasteiger partial charge in [0.05, 0.1) is 17.7 Å². The van der Waals surface area contributed by atoms with Gasteiger partial charge in [-0.05, 0) is 112 Å². The summed E-state index contributed by atoms with van der Waals surface area (Å²) in [5.74, 6) is 3.36. The van der Waals surface area contributed by atoms with Crippen LogP contribution in [0.1, 0.15) is 71.6 Å². The predicted octanol–water partition coefficient (Wildman–Crippen LogP) is 5.18. The molecule has 1 N–H and O–H groups in total. The van der Waals surface area contributed by atoms with Crippen molar-refractivity contribution in [1.29, 1.82) is 0 Å². The first-order chi connectivity index (χ1) is 15.8. The number of carbonyl (C=O) groups is 1. The Hall–Kier alpha value is -1.88. The highest BCUT2D eigenvalue weighted by molar-refractivity contribution is 5.84. The van der Waals surface area contributed by atoms with Crippen molar-refractivity contribution in [2.75, 3.05) is 0 Å². The van der Waals surface area contributed by atoms with Crippen molar-refractivity contribution in [1.82, 2.24) is 4.57 Å². The van der Waals surface area contributed by atoms with Crippen LogP contribution in [0.25, 0.3) is 11.1 Å². The molecule has 1 aromatic heterocycles. The van der Waals surface area contributed by atoms with E-state index in [1.807, 2.05) is 25.1 Å². The van der Waals surface area contributed by atoms with Crippen molar-refractivity contribution < 1.29 is 14.3 Å². The number of rotatable bonds is 3. The van der Waals surface area contributed by atoms with Gasteiger partial charge in [0.1, 0.15) is 0 Å². The molecule has 8 atom stereocenters. The number of para-hydroxylation sites is 2. The van der Waals surface area contributed by atoms with Gasteiger partial charge in [-0.2, -0.15) is 0 Å². The van der Waals surface area contributed by atoms with Crippen LogP contribution in [0.5, 0.6) is 0 Å². The fourth-order valence-electron chi connectivity index (χ4n) is 9.04. The van der Waals surface area contributed by atoms with E-state index in [0.29, 0.717) is 22.9 Å². The predicted molar refractivity (Wildman–Crippen MR) is 127 cm³/mol. The Morgan fingerprint density at radius 1 is 1.03 bits per heavy atom. The van der Waals surface area contributed by atoms with Crippen LogP contribution < -0.4 is 5.76 Å². The molecule has 1 heterocycles. The second-order valence-electron chi connectivity index (χ2n) is 12.2. The maximum Gasteiger partial charge on any atom is 0.420 e. The second-order valence-corrected chi connectivity index (χ2v) is 12.2. The Balaban J connectivity index is 1.22. The molecule has 33 heavy (non-hydrogen) atoms. The number of nitrogens with zero attached hydrogens (tertiary/aromatic N) is 1. The first-order valence-electron chi connectivity index (χ1n) is 13.1. The Morgan fingerprint density at radius 3 is 2.67 bits per heavy atom. The van der Waals surface area contributed by atoms with Crippen molar-refractivity contribution in [2.24, 2.45) is 40.9 Å². The fourth-order valence-corrected chi connectivity index (χ4v) is 9.04. The van der Waals surface area contributed by atoms with Gasteiger partial charge in [-0.15, -0.1) is 0 Å². The van der Waals surface area contributed by atoms with E-state index in [-0.39, 0.29) is 23.7 Å². The highest BCUT2D eigenvalue weighted by Gasteiger charge is 2.58. The lowest BCUT2D eigenvalue weighted by Gasteiger charge is -2.56. The molecular weight excluding hydrogens is 414 g/mol. The van der Waals surface area contributed by atoms with Crippen LogP contribution in [-0.4, -0.2) is 21.1 Å². The van der Waals surface area contributed by atoms with E-state index in [4.69, 9.17) is 4.42 Å². The van der Waals surface area contributed by atoms with Gasteiger partial charge in [0, 0.05) is 5.92 Å². The molecule has 0 bridgehead atoms. The van der Waals surface area contributed by atoms with E-state index in [9.17, 15) is 14.7 Å². The van der Waals surface area contributed by atoms with E-state index in [0.717, 1.165) is 49.9 Å². The Morgan fingerprint density at radius 2 is 1.82 bits per heavy atom. The lowest BCUT2D eigenvalue weighted by atomic mass is 9.49. The van der Waals surface area contributed by atoms with Crippen LogP contribution in [0.15, 0.2) is 33.5 Å². The van der Waals surface area contributed by atoms with Gasteiger partial charge >= 0.3 is 5.76 Å². The topological polar surface area (TPSA) is 72.4 Å². The van der Waals surface area contributed by atoms with Crippen LogP contribution in [0, 0.1) is 40.9 Å². The number of Topliss-reactive ketones (excluding diaryl/α,β-unsaturated/α-hetero) is 1. The summed E-state index contributed by atoms with van der Waals surface area (Å²) >= 11 is 0. The Bertz CT molecular complexity index is 1130.